The molecular formula is C30H42FN3O3. The zero-order chi connectivity index (χ0) is 26.8. The second kappa shape index (κ2) is 13.6. The van der Waals surface area contributed by atoms with E-state index in [0.717, 1.165) is 37.8 Å². The Morgan fingerprint density at radius 2 is 1.89 bits per heavy atom. The van der Waals surface area contributed by atoms with Gasteiger partial charge in [0.05, 0.1) is 13.2 Å². The van der Waals surface area contributed by atoms with Crippen LogP contribution in [-0.4, -0.2) is 49.5 Å². The second-order valence-electron chi connectivity index (χ2n) is 11.0. The Morgan fingerprint density at radius 1 is 1.11 bits per heavy atom. The van der Waals surface area contributed by atoms with Crippen LogP contribution < -0.4 is 15.4 Å². The van der Waals surface area contributed by atoms with Gasteiger partial charge in [-0.2, -0.15) is 0 Å². The van der Waals surface area contributed by atoms with Gasteiger partial charge in [0.15, 0.2) is 0 Å². The molecule has 0 bridgehead atoms. The molecule has 0 radical (unpaired) electrons. The number of carbonyl (C=O) groups is 2. The van der Waals surface area contributed by atoms with Crippen molar-refractivity contribution >= 4 is 11.8 Å². The van der Waals surface area contributed by atoms with Crippen LogP contribution in [0.25, 0.3) is 0 Å². The van der Waals surface area contributed by atoms with Gasteiger partial charge in [0, 0.05) is 36.2 Å². The fourth-order valence-corrected chi connectivity index (χ4v) is 4.53. The Kier molecular flexibility index (Phi) is 10.5. The molecule has 0 spiro atoms. The van der Waals surface area contributed by atoms with Crippen molar-refractivity contribution in [2.45, 2.75) is 65.3 Å². The van der Waals surface area contributed by atoms with Gasteiger partial charge >= 0.3 is 0 Å². The van der Waals surface area contributed by atoms with Gasteiger partial charge in [-0.15, -0.1) is 0 Å². The van der Waals surface area contributed by atoms with Crippen LogP contribution in [0, 0.1) is 11.7 Å². The van der Waals surface area contributed by atoms with Crippen LogP contribution in [0.3, 0.4) is 0 Å². The third-order valence-corrected chi connectivity index (χ3v) is 6.84. The monoisotopic (exact) mass is 511 g/mol. The molecule has 0 saturated carbocycles. The summed E-state index contributed by atoms with van der Waals surface area (Å²) >= 11 is 0. The highest BCUT2D eigenvalue weighted by Gasteiger charge is 2.26. The van der Waals surface area contributed by atoms with Crippen molar-refractivity contribution in [2.24, 2.45) is 5.92 Å². The summed E-state index contributed by atoms with van der Waals surface area (Å²) in [7, 11) is 0. The maximum Gasteiger partial charge on any atom is 0.251 e. The van der Waals surface area contributed by atoms with Gasteiger partial charge in [0.25, 0.3) is 5.91 Å². The smallest absolute Gasteiger partial charge is 0.251 e. The van der Waals surface area contributed by atoms with E-state index in [1.807, 2.05) is 26.0 Å². The predicted molar refractivity (Wildman–Crippen MR) is 145 cm³/mol. The van der Waals surface area contributed by atoms with E-state index in [1.54, 1.807) is 24.3 Å². The number of hydrogen-bond donors (Lipinski definition) is 2. The van der Waals surface area contributed by atoms with Crippen molar-refractivity contribution in [3.63, 3.8) is 0 Å². The van der Waals surface area contributed by atoms with Crippen molar-refractivity contribution in [1.82, 2.24) is 15.5 Å². The Hall–Kier alpha value is -2.93. The largest absolute Gasteiger partial charge is 0.493 e. The summed E-state index contributed by atoms with van der Waals surface area (Å²) in [6.45, 7) is 11.1. The molecule has 0 aromatic heterocycles. The summed E-state index contributed by atoms with van der Waals surface area (Å²) in [4.78, 5) is 28.2. The van der Waals surface area contributed by atoms with E-state index in [0.29, 0.717) is 42.5 Å². The number of hydrogen-bond acceptors (Lipinski definition) is 4. The van der Waals surface area contributed by atoms with E-state index >= 15 is 0 Å². The van der Waals surface area contributed by atoms with Gasteiger partial charge < -0.3 is 15.4 Å². The standard InChI is InChI=1S/C30H42FN3O3/c1-22(2)15-17-34-19-24-23(29(36)33-21-30(3,4)25-12-6-7-13-26(25)31)11-10-14-27(24)37-18-9-5-8-16-32-28(35)20-34/h6-7,10-14,22H,5,8-9,15-21H2,1-4H3,(H,32,35)(H,33,36). The minimum atomic E-state index is -0.591. The van der Waals surface area contributed by atoms with Crippen LogP contribution in [0.15, 0.2) is 42.5 Å². The van der Waals surface area contributed by atoms with Crippen LogP contribution >= 0.6 is 0 Å². The number of carbonyl (C=O) groups excluding carboxylic acids is 2. The molecule has 1 aliphatic heterocycles. The summed E-state index contributed by atoms with van der Waals surface area (Å²) in [6, 6.07) is 12.2. The van der Waals surface area contributed by atoms with E-state index in [-0.39, 0.29) is 30.7 Å². The molecule has 2 aromatic rings. The lowest BCUT2D eigenvalue weighted by Crippen LogP contribution is -2.39. The second-order valence-corrected chi connectivity index (χ2v) is 11.0. The first-order valence-corrected chi connectivity index (χ1v) is 13.4. The first kappa shape index (κ1) is 28.6. The molecule has 3 rings (SSSR count). The first-order valence-electron chi connectivity index (χ1n) is 13.4. The third-order valence-electron chi connectivity index (χ3n) is 6.84. The summed E-state index contributed by atoms with van der Waals surface area (Å²) < 4.78 is 20.6. The Balaban J connectivity index is 1.87. The van der Waals surface area contributed by atoms with Crippen molar-refractivity contribution in [2.75, 3.05) is 32.8 Å². The molecule has 1 aliphatic rings. The Bertz CT molecular complexity index is 1050. The lowest BCUT2D eigenvalue weighted by Gasteiger charge is -2.27. The van der Waals surface area contributed by atoms with Crippen molar-refractivity contribution in [1.29, 1.82) is 0 Å². The topological polar surface area (TPSA) is 70.7 Å². The van der Waals surface area contributed by atoms with E-state index in [2.05, 4.69) is 29.4 Å². The van der Waals surface area contributed by atoms with Gasteiger partial charge in [-0.25, -0.2) is 4.39 Å². The average molecular weight is 512 g/mol. The molecule has 0 saturated heterocycles. The Morgan fingerprint density at radius 3 is 2.65 bits per heavy atom. The minimum Gasteiger partial charge on any atom is -0.493 e. The molecule has 0 unspecified atom stereocenters. The molecular weight excluding hydrogens is 469 g/mol. The van der Waals surface area contributed by atoms with E-state index in [9.17, 15) is 14.0 Å². The number of ether oxygens (including phenoxy) is 1. The predicted octanol–water partition coefficient (Wildman–Crippen LogP) is 5.06. The minimum absolute atomic E-state index is 0.000888. The highest BCUT2D eigenvalue weighted by atomic mass is 19.1. The lowest BCUT2D eigenvalue weighted by atomic mass is 9.84. The molecule has 0 fully saturated rings. The molecule has 2 amide bonds. The van der Waals surface area contributed by atoms with E-state index < -0.39 is 5.41 Å². The van der Waals surface area contributed by atoms with Crippen LogP contribution in [0.1, 0.15) is 74.9 Å². The molecule has 202 valence electrons. The summed E-state index contributed by atoms with van der Waals surface area (Å²) in [5.41, 5.74) is 1.27. The maximum absolute atomic E-state index is 14.4. The fraction of sp³-hybridized carbons (Fsp3) is 0.533. The molecule has 37 heavy (non-hydrogen) atoms. The third kappa shape index (κ3) is 8.56. The molecule has 0 aliphatic carbocycles. The maximum atomic E-state index is 14.4. The molecule has 2 aromatic carbocycles. The zero-order valence-corrected chi connectivity index (χ0v) is 22.7. The van der Waals surface area contributed by atoms with E-state index in [1.165, 1.54) is 6.07 Å². The lowest BCUT2D eigenvalue weighted by molar-refractivity contribution is -0.122. The average Bonchev–Trinajstić information content (AvgIpc) is 2.87. The van der Waals surface area contributed by atoms with Gasteiger partial charge in [0.1, 0.15) is 11.6 Å². The molecule has 1 heterocycles. The van der Waals surface area contributed by atoms with E-state index in [4.69, 9.17) is 4.74 Å². The molecule has 2 N–H and O–H groups in total. The Labute approximate surface area is 221 Å². The van der Waals surface area contributed by atoms with Crippen LogP contribution in [0.5, 0.6) is 5.75 Å². The normalized spacial score (nSPS) is 16.0. The number of fused-ring (bicyclic) bond motifs is 1. The number of nitrogens with one attached hydrogen (secondary N) is 2. The zero-order valence-electron chi connectivity index (χ0n) is 22.7. The van der Waals surface area contributed by atoms with Gasteiger partial charge in [-0.3, -0.25) is 14.5 Å². The van der Waals surface area contributed by atoms with Crippen LogP contribution in [-0.2, 0) is 16.8 Å². The summed E-state index contributed by atoms with van der Waals surface area (Å²) in [5, 5.41) is 6.05. The van der Waals surface area contributed by atoms with Gasteiger partial charge in [-0.05, 0) is 61.9 Å². The fourth-order valence-electron chi connectivity index (χ4n) is 4.53. The number of halogens is 1. The quantitative estimate of drug-likeness (QED) is 0.545. The van der Waals surface area contributed by atoms with Crippen LogP contribution in [0.2, 0.25) is 0 Å². The number of amides is 2. The highest BCUT2D eigenvalue weighted by Crippen LogP contribution is 2.27. The summed E-state index contributed by atoms with van der Waals surface area (Å²) in [5.74, 6) is 0.647. The van der Waals surface area contributed by atoms with Gasteiger partial charge in [0.2, 0.25) is 5.91 Å². The number of benzene rings is 2. The van der Waals surface area contributed by atoms with Crippen molar-refractivity contribution < 1.29 is 18.7 Å². The van der Waals surface area contributed by atoms with Crippen molar-refractivity contribution in [3.8, 4) is 5.75 Å². The van der Waals surface area contributed by atoms with Crippen LogP contribution in [0.4, 0.5) is 4.39 Å². The molecule has 6 nitrogen and oxygen atoms in total. The van der Waals surface area contributed by atoms with Crippen molar-refractivity contribution in [3.05, 3.63) is 65.0 Å². The number of nitrogens with zero attached hydrogens (tertiary/aromatic N) is 1. The summed E-state index contributed by atoms with van der Waals surface area (Å²) in [6.07, 6.45) is 3.68. The molecule has 7 heteroatoms. The molecule has 0 atom stereocenters. The highest BCUT2D eigenvalue weighted by molar-refractivity contribution is 5.96. The van der Waals surface area contributed by atoms with Gasteiger partial charge in [-0.1, -0.05) is 52.0 Å². The number of rotatable bonds is 7. The first-order chi connectivity index (χ1) is 17.7. The SMILES string of the molecule is CC(C)CCN1CC(=O)NCCCCCOc2cccc(C(=O)NCC(C)(C)c3ccccc3F)c2C1.